The number of carbonyl (C=O) groups is 2. The van der Waals surface area contributed by atoms with Crippen molar-refractivity contribution in [2.75, 3.05) is 31.7 Å². The van der Waals surface area contributed by atoms with Crippen molar-refractivity contribution in [3.8, 4) is 23.8 Å². The van der Waals surface area contributed by atoms with E-state index in [0.717, 1.165) is 22.4 Å². The van der Waals surface area contributed by atoms with Crippen molar-refractivity contribution in [1.29, 1.82) is 0 Å². The molecule has 0 saturated carbocycles. The van der Waals surface area contributed by atoms with Crippen molar-refractivity contribution in [1.82, 2.24) is 9.97 Å². The van der Waals surface area contributed by atoms with Crippen molar-refractivity contribution in [2.45, 2.75) is 13.8 Å². The number of nitrogens with zero attached hydrogens (tertiary/aromatic N) is 2. The van der Waals surface area contributed by atoms with Gasteiger partial charge in [-0.2, -0.15) is 0 Å². The van der Waals surface area contributed by atoms with Gasteiger partial charge in [0, 0.05) is 22.7 Å². The van der Waals surface area contributed by atoms with Crippen molar-refractivity contribution in [3.63, 3.8) is 0 Å². The van der Waals surface area contributed by atoms with Gasteiger partial charge in [0.25, 0.3) is 0 Å². The molecule has 0 amide bonds. The van der Waals surface area contributed by atoms with E-state index >= 15 is 0 Å². The van der Waals surface area contributed by atoms with Crippen LogP contribution in [-0.4, -0.2) is 48.3 Å². The highest BCUT2D eigenvalue weighted by atomic mass is 16.6. The monoisotopic (exact) mass is 601 g/mol. The van der Waals surface area contributed by atoms with Crippen LogP contribution >= 0.6 is 0 Å². The Labute approximate surface area is 261 Å². The molecule has 1 N–H and O–H groups in total. The molecule has 0 unspecified atom stereocenters. The second-order valence-corrected chi connectivity index (χ2v) is 9.99. The van der Waals surface area contributed by atoms with Crippen molar-refractivity contribution in [3.05, 3.63) is 119 Å². The average Bonchev–Trinajstić information content (AvgIpc) is 3.05. The molecule has 0 aliphatic heterocycles. The molecule has 1 aromatic heterocycles. The molecule has 0 atom stereocenters. The summed E-state index contributed by atoms with van der Waals surface area (Å²) in [5, 5.41) is 3.95. The molecular formula is C36H31N3O6. The Balaban J connectivity index is 1.32. The Morgan fingerprint density at radius 2 is 1.33 bits per heavy atom. The molecule has 0 fully saturated rings. The van der Waals surface area contributed by atoms with Crippen LogP contribution < -0.4 is 14.8 Å². The minimum absolute atomic E-state index is 0.00790. The predicted molar refractivity (Wildman–Crippen MR) is 171 cm³/mol. The third-order valence-corrected chi connectivity index (χ3v) is 6.87. The van der Waals surface area contributed by atoms with Crippen LogP contribution in [0.1, 0.15) is 37.4 Å². The number of rotatable bonds is 12. The zero-order valence-corrected chi connectivity index (χ0v) is 24.9. The smallest absolute Gasteiger partial charge is 0.338 e. The summed E-state index contributed by atoms with van der Waals surface area (Å²) in [5.41, 5.74) is 4.71. The maximum atomic E-state index is 12.6. The van der Waals surface area contributed by atoms with Gasteiger partial charge < -0.3 is 24.3 Å². The number of anilines is 2. The molecule has 45 heavy (non-hydrogen) atoms. The predicted octanol–water partition coefficient (Wildman–Crippen LogP) is 6.44. The number of aryl methyl sites for hydroxylation is 2. The van der Waals surface area contributed by atoms with Gasteiger partial charge in [-0.25, -0.2) is 19.6 Å². The van der Waals surface area contributed by atoms with E-state index in [2.05, 4.69) is 21.2 Å². The van der Waals surface area contributed by atoms with E-state index < -0.39 is 11.9 Å². The van der Waals surface area contributed by atoms with Gasteiger partial charge in [-0.05, 0) is 61.4 Å². The highest BCUT2D eigenvalue weighted by Crippen LogP contribution is 2.35. The first-order chi connectivity index (χ1) is 21.9. The Morgan fingerprint density at radius 3 is 1.93 bits per heavy atom. The fourth-order valence-electron chi connectivity index (χ4n) is 4.54. The number of terminal acetylenes is 1. The van der Waals surface area contributed by atoms with E-state index in [4.69, 9.17) is 25.4 Å². The normalized spacial score (nSPS) is 10.5. The fraction of sp³-hybridized carbons (Fsp3) is 0.167. The van der Waals surface area contributed by atoms with Crippen LogP contribution in [0.5, 0.6) is 11.5 Å². The molecule has 226 valence electrons. The standard InChI is InChI=1S/C36H31N3O6/c1-4-26-12-9-13-27(20-26)39-34-30-21-32(42-16-18-44-35(40)28-14-7-5-10-24(28)2)33(22-31(30)37-23-38-34)43-17-19-45-36(41)29-15-8-6-11-25(29)3/h1,5-15,20-23H,16-19H2,2-3H3,(H,37,38,39). The van der Waals surface area contributed by atoms with Crippen LogP contribution in [0.15, 0.2) is 91.3 Å². The van der Waals surface area contributed by atoms with E-state index in [-0.39, 0.29) is 26.4 Å². The lowest BCUT2D eigenvalue weighted by Crippen LogP contribution is -2.15. The first kappa shape index (κ1) is 30.6. The second kappa shape index (κ2) is 14.5. The maximum absolute atomic E-state index is 12.6. The highest BCUT2D eigenvalue weighted by Gasteiger charge is 2.15. The summed E-state index contributed by atoms with van der Waals surface area (Å²) in [6, 6.07) is 25.3. The lowest BCUT2D eigenvalue weighted by Gasteiger charge is -2.16. The molecule has 0 spiro atoms. The molecule has 0 aliphatic carbocycles. The number of hydrogen-bond donors (Lipinski definition) is 1. The summed E-state index contributed by atoms with van der Waals surface area (Å²) in [7, 11) is 0. The number of hydrogen-bond acceptors (Lipinski definition) is 9. The number of aromatic nitrogens is 2. The summed E-state index contributed by atoms with van der Waals surface area (Å²) < 4.78 is 22.9. The van der Waals surface area contributed by atoms with E-state index in [1.165, 1.54) is 6.33 Å². The molecule has 5 aromatic rings. The van der Waals surface area contributed by atoms with E-state index in [0.29, 0.717) is 39.3 Å². The Bertz CT molecular complexity index is 1880. The minimum Gasteiger partial charge on any atom is -0.486 e. The molecule has 9 heteroatoms. The van der Waals surface area contributed by atoms with Crippen LogP contribution in [0.25, 0.3) is 10.9 Å². The molecule has 4 aromatic carbocycles. The summed E-state index contributed by atoms with van der Waals surface area (Å²) in [5.74, 6) is 3.03. The van der Waals surface area contributed by atoms with Crippen LogP contribution in [0.4, 0.5) is 11.5 Å². The van der Waals surface area contributed by atoms with Gasteiger partial charge in [0.15, 0.2) is 11.5 Å². The summed E-state index contributed by atoms with van der Waals surface area (Å²) >= 11 is 0. The SMILES string of the molecule is C#Cc1cccc(Nc2ncnc3cc(OCCOC(=O)c4ccccc4C)c(OCCOC(=O)c4ccccc4C)cc23)c1. The summed E-state index contributed by atoms with van der Waals surface area (Å²) in [4.78, 5) is 33.9. The number of esters is 2. The third kappa shape index (κ3) is 7.75. The van der Waals surface area contributed by atoms with E-state index in [1.807, 2.05) is 62.4 Å². The summed E-state index contributed by atoms with van der Waals surface area (Å²) in [6.45, 7) is 3.84. The minimum atomic E-state index is -0.434. The lowest BCUT2D eigenvalue weighted by atomic mass is 10.1. The summed E-state index contributed by atoms with van der Waals surface area (Å²) in [6.07, 6.45) is 7.01. The molecule has 0 radical (unpaired) electrons. The van der Waals surface area contributed by atoms with Gasteiger partial charge in [-0.1, -0.05) is 48.4 Å². The Morgan fingerprint density at radius 1 is 0.733 bits per heavy atom. The first-order valence-electron chi connectivity index (χ1n) is 14.3. The number of benzene rings is 4. The van der Waals surface area contributed by atoms with Crippen molar-refractivity contribution < 1.29 is 28.5 Å². The first-order valence-corrected chi connectivity index (χ1v) is 14.3. The zero-order valence-electron chi connectivity index (χ0n) is 24.9. The molecule has 5 rings (SSSR count). The average molecular weight is 602 g/mol. The van der Waals surface area contributed by atoms with Gasteiger partial charge in [0.1, 0.15) is 38.6 Å². The van der Waals surface area contributed by atoms with Gasteiger partial charge in [0.2, 0.25) is 0 Å². The van der Waals surface area contributed by atoms with Gasteiger partial charge in [0.05, 0.1) is 16.6 Å². The van der Waals surface area contributed by atoms with Crippen LogP contribution in [-0.2, 0) is 9.47 Å². The van der Waals surface area contributed by atoms with Crippen molar-refractivity contribution in [2.24, 2.45) is 0 Å². The maximum Gasteiger partial charge on any atom is 0.338 e. The highest BCUT2D eigenvalue weighted by molar-refractivity contribution is 5.93. The third-order valence-electron chi connectivity index (χ3n) is 6.87. The van der Waals surface area contributed by atoms with E-state index in [1.54, 1.807) is 36.4 Å². The molecule has 0 bridgehead atoms. The zero-order chi connectivity index (χ0) is 31.6. The van der Waals surface area contributed by atoms with Crippen LogP contribution in [0, 0.1) is 26.2 Å². The second-order valence-electron chi connectivity index (χ2n) is 9.99. The fourth-order valence-corrected chi connectivity index (χ4v) is 4.54. The van der Waals surface area contributed by atoms with Crippen LogP contribution in [0.3, 0.4) is 0 Å². The van der Waals surface area contributed by atoms with Crippen LogP contribution in [0.2, 0.25) is 0 Å². The van der Waals surface area contributed by atoms with Crippen molar-refractivity contribution >= 4 is 34.3 Å². The number of ether oxygens (including phenoxy) is 4. The molecule has 0 saturated heterocycles. The van der Waals surface area contributed by atoms with Gasteiger partial charge in [-0.15, -0.1) is 6.42 Å². The molecule has 0 aliphatic rings. The number of fused-ring (bicyclic) bond motifs is 1. The number of carbonyl (C=O) groups excluding carboxylic acids is 2. The Hall–Kier alpha value is -5.88. The largest absolute Gasteiger partial charge is 0.486 e. The topological polar surface area (TPSA) is 109 Å². The molecule has 9 nitrogen and oxygen atoms in total. The lowest BCUT2D eigenvalue weighted by molar-refractivity contribution is 0.0425. The van der Waals surface area contributed by atoms with Gasteiger partial charge in [-0.3, -0.25) is 0 Å². The molecular weight excluding hydrogens is 570 g/mol. The molecule has 1 heterocycles. The Kier molecular flexibility index (Phi) is 9.87. The van der Waals surface area contributed by atoms with E-state index in [9.17, 15) is 9.59 Å². The quantitative estimate of drug-likeness (QED) is 0.0981. The van der Waals surface area contributed by atoms with Gasteiger partial charge >= 0.3 is 11.9 Å². The number of nitrogens with one attached hydrogen (secondary N) is 1.